The number of anilines is 1. The third-order valence-electron chi connectivity index (χ3n) is 4.86. The van der Waals surface area contributed by atoms with Gasteiger partial charge >= 0.3 is 0 Å². The number of carbonyl (C=O) groups excluding carboxylic acids is 1. The van der Waals surface area contributed by atoms with Crippen LogP contribution in [0, 0.1) is 13.8 Å². The molecule has 0 saturated heterocycles. The van der Waals surface area contributed by atoms with E-state index in [4.69, 9.17) is 0 Å². The monoisotopic (exact) mass is 410 g/mol. The van der Waals surface area contributed by atoms with Gasteiger partial charge in [0.25, 0.3) is 15.9 Å². The van der Waals surface area contributed by atoms with Crippen LogP contribution in [0.5, 0.6) is 0 Å². The molecule has 4 rings (SSSR count). The Bertz CT molecular complexity index is 1240. The zero-order chi connectivity index (χ0) is 20.6. The molecule has 1 amide bonds. The third kappa shape index (κ3) is 4.02. The third-order valence-corrected chi connectivity index (χ3v) is 6.24. The average Bonchev–Trinajstić information content (AvgIpc) is 3.31. The molecule has 29 heavy (non-hydrogen) atoms. The largest absolute Gasteiger partial charge is 0.351 e. The van der Waals surface area contributed by atoms with Crippen LogP contribution in [0.4, 0.5) is 5.69 Å². The molecule has 1 aromatic heterocycles. The summed E-state index contributed by atoms with van der Waals surface area (Å²) in [5.74, 6) is 0.143. The number of aromatic amines is 1. The van der Waals surface area contributed by atoms with Crippen LogP contribution in [0.25, 0.3) is 10.9 Å². The van der Waals surface area contributed by atoms with Crippen LogP contribution in [-0.2, 0) is 10.0 Å². The zero-order valence-corrected chi connectivity index (χ0v) is 17.1. The first-order chi connectivity index (χ1) is 13.8. The summed E-state index contributed by atoms with van der Waals surface area (Å²) in [6.07, 6.45) is 1.46. The topological polar surface area (TPSA) is 103 Å². The maximum Gasteiger partial charge on any atom is 0.272 e. The fraction of sp³-hybridized carbons (Fsp3) is 0.238. The lowest BCUT2D eigenvalue weighted by atomic mass is 10.1. The van der Waals surface area contributed by atoms with Crippen molar-refractivity contribution in [2.24, 2.45) is 4.99 Å². The van der Waals surface area contributed by atoms with Crippen LogP contribution >= 0.6 is 0 Å². The number of amides is 1. The van der Waals surface area contributed by atoms with Gasteiger partial charge in [-0.1, -0.05) is 12.1 Å². The highest BCUT2D eigenvalue weighted by molar-refractivity contribution is 7.90. The van der Waals surface area contributed by atoms with Gasteiger partial charge in [-0.05, 0) is 61.7 Å². The molecular weight excluding hydrogens is 388 g/mol. The Kier molecular flexibility index (Phi) is 4.87. The van der Waals surface area contributed by atoms with Crippen molar-refractivity contribution in [3.63, 3.8) is 0 Å². The number of aliphatic imine (C=N–C) groups is 1. The number of hydrogen-bond donors (Lipinski definition) is 3. The molecule has 0 bridgehead atoms. The predicted molar refractivity (Wildman–Crippen MR) is 114 cm³/mol. The van der Waals surface area contributed by atoms with E-state index in [2.05, 4.69) is 26.1 Å². The summed E-state index contributed by atoms with van der Waals surface area (Å²) < 4.78 is 27.7. The minimum absolute atomic E-state index is 0.0769. The van der Waals surface area contributed by atoms with Gasteiger partial charge in [0, 0.05) is 29.6 Å². The number of nitrogens with zero attached hydrogens (tertiary/aromatic N) is 1. The van der Waals surface area contributed by atoms with Crippen molar-refractivity contribution in [1.82, 2.24) is 9.71 Å². The molecule has 2 aromatic carbocycles. The van der Waals surface area contributed by atoms with Crippen LogP contribution in [0.1, 0.15) is 34.5 Å². The van der Waals surface area contributed by atoms with E-state index in [1.807, 2.05) is 19.9 Å². The number of sulfonamides is 1. The van der Waals surface area contributed by atoms with Crippen LogP contribution in [0.3, 0.4) is 0 Å². The molecule has 0 radical (unpaired) electrons. The van der Waals surface area contributed by atoms with E-state index in [1.165, 1.54) is 12.1 Å². The number of amidine groups is 1. The molecule has 0 unspecified atom stereocenters. The number of aryl methyl sites for hydroxylation is 2. The Hall–Kier alpha value is -3.13. The van der Waals surface area contributed by atoms with E-state index >= 15 is 0 Å². The van der Waals surface area contributed by atoms with Crippen molar-refractivity contribution >= 4 is 38.4 Å². The molecule has 150 valence electrons. The van der Waals surface area contributed by atoms with Gasteiger partial charge in [-0.2, -0.15) is 0 Å². The van der Waals surface area contributed by atoms with Crippen molar-refractivity contribution in [3.05, 3.63) is 59.3 Å². The summed E-state index contributed by atoms with van der Waals surface area (Å²) in [5, 5.41) is 3.75. The van der Waals surface area contributed by atoms with Gasteiger partial charge in [0.05, 0.1) is 4.90 Å². The zero-order valence-electron chi connectivity index (χ0n) is 16.2. The Labute approximate surface area is 169 Å². The summed E-state index contributed by atoms with van der Waals surface area (Å²) in [6.45, 7) is 4.64. The van der Waals surface area contributed by atoms with E-state index in [9.17, 15) is 13.2 Å². The normalized spacial score (nSPS) is 14.1. The maximum atomic E-state index is 12.7. The first kappa shape index (κ1) is 19.2. The van der Waals surface area contributed by atoms with Crippen molar-refractivity contribution in [3.8, 4) is 0 Å². The molecule has 1 aliphatic heterocycles. The minimum atomic E-state index is -3.74. The standard InChI is InChI=1S/C21H22N4O3S/c1-13-9-14(2)17-12-19(24-18(17)10-13)21(26)23-15-5-3-6-16(11-15)29(27,28)25-20-7-4-8-22-20/h3,5-6,9-12,24H,4,7-8H2,1-2H3,(H,22,25)(H,23,26). The number of H-pyrrole nitrogens is 1. The van der Waals surface area contributed by atoms with E-state index in [-0.39, 0.29) is 10.8 Å². The fourth-order valence-electron chi connectivity index (χ4n) is 3.50. The van der Waals surface area contributed by atoms with Gasteiger partial charge < -0.3 is 10.3 Å². The number of nitrogens with one attached hydrogen (secondary N) is 3. The molecule has 0 aliphatic carbocycles. The number of rotatable bonds is 4. The van der Waals surface area contributed by atoms with Gasteiger partial charge in [0.15, 0.2) is 0 Å². The molecular formula is C21H22N4O3S. The fourth-order valence-corrected chi connectivity index (χ4v) is 4.63. The maximum absolute atomic E-state index is 12.7. The molecule has 0 atom stereocenters. The van der Waals surface area contributed by atoms with E-state index in [0.29, 0.717) is 30.2 Å². The quantitative estimate of drug-likeness (QED) is 0.613. The summed E-state index contributed by atoms with van der Waals surface area (Å²) in [5.41, 5.74) is 3.91. The lowest BCUT2D eigenvalue weighted by molar-refractivity contribution is 0.102. The number of benzene rings is 2. The molecule has 0 saturated carbocycles. The van der Waals surface area contributed by atoms with Crippen LogP contribution in [0.15, 0.2) is 52.4 Å². The van der Waals surface area contributed by atoms with Gasteiger partial charge in [-0.3, -0.25) is 14.5 Å². The molecule has 8 heteroatoms. The van der Waals surface area contributed by atoms with Crippen LogP contribution in [0.2, 0.25) is 0 Å². The van der Waals surface area contributed by atoms with E-state index in [1.54, 1.807) is 18.2 Å². The number of hydrogen-bond acceptors (Lipinski definition) is 4. The highest BCUT2D eigenvalue weighted by atomic mass is 32.2. The van der Waals surface area contributed by atoms with Crippen molar-refractivity contribution in [2.45, 2.75) is 31.6 Å². The summed E-state index contributed by atoms with van der Waals surface area (Å²) in [7, 11) is -3.74. The smallest absolute Gasteiger partial charge is 0.272 e. The molecule has 2 heterocycles. The second-order valence-corrected chi connectivity index (χ2v) is 8.93. The number of carbonyl (C=O) groups is 1. The van der Waals surface area contributed by atoms with E-state index in [0.717, 1.165) is 28.5 Å². The van der Waals surface area contributed by atoms with Crippen molar-refractivity contribution in [2.75, 3.05) is 11.9 Å². The van der Waals surface area contributed by atoms with E-state index < -0.39 is 10.0 Å². The van der Waals surface area contributed by atoms with Gasteiger partial charge in [-0.15, -0.1) is 0 Å². The first-order valence-corrected chi connectivity index (χ1v) is 10.9. The molecule has 1 aliphatic rings. The molecule has 7 nitrogen and oxygen atoms in total. The highest BCUT2D eigenvalue weighted by Gasteiger charge is 2.19. The van der Waals surface area contributed by atoms with Crippen LogP contribution in [-0.4, -0.2) is 31.7 Å². The first-order valence-electron chi connectivity index (χ1n) is 9.39. The summed E-state index contributed by atoms with van der Waals surface area (Å²) in [4.78, 5) is 20.0. The highest BCUT2D eigenvalue weighted by Crippen LogP contribution is 2.23. The van der Waals surface area contributed by atoms with Crippen molar-refractivity contribution < 1.29 is 13.2 Å². The molecule has 0 fully saturated rings. The Morgan fingerprint density at radius 2 is 1.97 bits per heavy atom. The lowest BCUT2D eigenvalue weighted by Crippen LogP contribution is -2.29. The molecule has 0 spiro atoms. The van der Waals surface area contributed by atoms with Gasteiger partial charge in [-0.25, -0.2) is 8.42 Å². The Morgan fingerprint density at radius 1 is 1.14 bits per heavy atom. The number of fused-ring (bicyclic) bond motifs is 1. The SMILES string of the molecule is Cc1cc(C)c2cc(C(=O)Nc3cccc(S(=O)(=O)NC4=NCCC4)c3)[nH]c2c1. The minimum Gasteiger partial charge on any atom is -0.351 e. The van der Waals surface area contributed by atoms with Gasteiger partial charge in [0.2, 0.25) is 0 Å². The second kappa shape index (κ2) is 7.36. The summed E-state index contributed by atoms with van der Waals surface area (Å²) in [6, 6.07) is 12.0. The predicted octanol–water partition coefficient (Wildman–Crippen LogP) is 3.51. The molecule has 3 aromatic rings. The van der Waals surface area contributed by atoms with Crippen LogP contribution < -0.4 is 10.0 Å². The lowest BCUT2D eigenvalue weighted by Gasteiger charge is -2.09. The second-order valence-electron chi connectivity index (χ2n) is 7.25. The summed E-state index contributed by atoms with van der Waals surface area (Å²) >= 11 is 0. The Morgan fingerprint density at radius 3 is 2.72 bits per heavy atom. The van der Waals surface area contributed by atoms with Crippen molar-refractivity contribution in [1.29, 1.82) is 0 Å². The average molecular weight is 410 g/mol. The Balaban J connectivity index is 1.56. The number of aromatic nitrogens is 1. The van der Waals surface area contributed by atoms with Gasteiger partial charge in [0.1, 0.15) is 11.5 Å². The molecule has 3 N–H and O–H groups in total.